The molecule has 0 spiro atoms. The van der Waals surface area contributed by atoms with E-state index in [4.69, 9.17) is 0 Å². The largest absolute Gasteiger partial charge is 0.306 e. The molecule has 1 N–H and O–H groups in total. The van der Waals surface area contributed by atoms with E-state index in [1.807, 2.05) is 0 Å². The number of hydrogen-bond donors (Lipinski definition) is 1. The summed E-state index contributed by atoms with van der Waals surface area (Å²) in [6.45, 7) is 0.983. The molecular formula is C11H14BrNS. The molecule has 14 heavy (non-hydrogen) atoms. The number of thiophene rings is 1. The van der Waals surface area contributed by atoms with Crippen LogP contribution in [-0.4, -0.2) is 6.04 Å². The van der Waals surface area contributed by atoms with E-state index in [1.165, 1.54) is 28.6 Å². The summed E-state index contributed by atoms with van der Waals surface area (Å²) >= 11 is 5.22. The van der Waals surface area contributed by atoms with Crippen LogP contribution in [0.2, 0.25) is 0 Å². The first-order chi connectivity index (χ1) is 6.84. The van der Waals surface area contributed by atoms with Crippen molar-refractivity contribution in [1.29, 1.82) is 0 Å². The summed E-state index contributed by atoms with van der Waals surface area (Å²) in [7, 11) is 0. The second-order valence-corrected chi connectivity index (χ2v) is 5.90. The van der Waals surface area contributed by atoms with Crippen molar-refractivity contribution in [2.24, 2.45) is 0 Å². The average Bonchev–Trinajstić information content (AvgIpc) is 2.63. The molecule has 0 fully saturated rings. The van der Waals surface area contributed by atoms with Crippen molar-refractivity contribution >= 4 is 27.3 Å². The molecule has 0 saturated heterocycles. The van der Waals surface area contributed by atoms with Gasteiger partial charge >= 0.3 is 0 Å². The quantitative estimate of drug-likeness (QED) is 0.827. The molecule has 0 bridgehead atoms. The first kappa shape index (κ1) is 10.4. The molecule has 0 radical (unpaired) electrons. The minimum atomic E-state index is 0.586. The third-order valence-corrected chi connectivity index (χ3v) is 4.00. The van der Waals surface area contributed by atoms with Crippen LogP contribution in [0.5, 0.6) is 0 Å². The van der Waals surface area contributed by atoms with Gasteiger partial charge in [-0.25, -0.2) is 0 Å². The Bertz CT molecular complexity index is 319. The highest BCUT2D eigenvalue weighted by molar-refractivity contribution is 9.11. The molecule has 0 aliphatic heterocycles. The lowest BCUT2D eigenvalue weighted by molar-refractivity contribution is 0.523. The van der Waals surface area contributed by atoms with Crippen LogP contribution in [0.1, 0.15) is 24.8 Å². The van der Waals surface area contributed by atoms with Gasteiger partial charge in [0, 0.05) is 12.6 Å². The summed E-state index contributed by atoms with van der Waals surface area (Å²) in [4.78, 5) is 0. The predicted octanol–water partition coefficient (Wildman–Crippen LogP) is 3.71. The van der Waals surface area contributed by atoms with E-state index >= 15 is 0 Å². The topological polar surface area (TPSA) is 12.0 Å². The zero-order chi connectivity index (χ0) is 9.80. The lowest BCUT2D eigenvalue weighted by Crippen LogP contribution is -2.27. The van der Waals surface area contributed by atoms with Gasteiger partial charge in [0.15, 0.2) is 0 Å². The summed E-state index contributed by atoms with van der Waals surface area (Å²) < 4.78 is 1.22. The molecule has 0 amide bonds. The average molecular weight is 272 g/mol. The van der Waals surface area contributed by atoms with Crippen LogP contribution in [0.15, 0.2) is 27.4 Å². The first-order valence-electron chi connectivity index (χ1n) is 4.97. The highest BCUT2D eigenvalue weighted by Gasteiger charge is 2.07. The molecule has 2 rings (SSSR count). The Morgan fingerprint density at radius 2 is 2.50 bits per heavy atom. The Morgan fingerprint density at radius 3 is 3.14 bits per heavy atom. The molecule has 1 aromatic rings. The Balaban J connectivity index is 1.82. The lowest BCUT2D eigenvalue weighted by atomic mass is 10.0. The molecule has 0 aromatic carbocycles. The van der Waals surface area contributed by atoms with E-state index in [-0.39, 0.29) is 0 Å². The number of rotatable bonds is 3. The van der Waals surface area contributed by atoms with Gasteiger partial charge in [-0.15, -0.1) is 11.3 Å². The molecule has 0 saturated carbocycles. The van der Waals surface area contributed by atoms with Crippen LogP contribution in [0.4, 0.5) is 0 Å². The van der Waals surface area contributed by atoms with Crippen molar-refractivity contribution in [3.8, 4) is 0 Å². The van der Waals surface area contributed by atoms with Crippen molar-refractivity contribution in [1.82, 2.24) is 5.32 Å². The van der Waals surface area contributed by atoms with Gasteiger partial charge in [-0.3, -0.25) is 0 Å². The van der Waals surface area contributed by atoms with Crippen molar-refractivity contribution in [2.75, 3.05) is 0 Å². The van der Waals surface area contributed by atoms with E-state index in [0.29, 0.717) is 6.04 Å². The fourth-order valence-corrected chi connectivity index (χ4v) is 2.88. The van der Waals surface area contributed by atoms with Crippen LogP contribution in [0.3, 0.4) is 0 Å². The highest BCUT2D eigenvalue weighted by Crippen LogP contribution is 2.20. The monoisotopic (exact) mass is 271 g/mol. The molecule has 1 aliphatic carbocycles. The number of nitrogens with one attached hydrogen (secondary N) is 1. The molecule has 76 valence electrons. The molecular weight excluding hydrogens is 258 g/mol. The minimum Gasteiger partial charge on any atom is -0.306 e. The lowest BCUT2D eigenvalue weighted by Gasteiger charge is -2.17. The maximum atomic E-state index is 3.55. The Morgan fingerprint density at radius 1 is 1.57 bits per heavy atom. The fraction of sp³-hybridized carbons (Fsp3) is 0.455. The maximum Gasteiger partial charge on any atom is 0.0701 e. The van der Waals surface area contributed by atoms with E-state index < -0.39 is 0 Å². The number of allylic oxidation sites excluding steroid dienone is 1. The summed E-state index contributed by atoms with van der Waals surface area (Å²) in [5, 5.41) is 5.75. The van der Waals surface area contributed by atoms with Crippen LogP contribution in [0.25, 0.3) is 0 Å². The Labute approximate surface area is 97.3 Å². The van der Waals surface area contributed by atoms with E-state index in [1.54, 1.807) is 11.3 Å². The van der Waals surface area contributed by atoms with Crippen LogP contribution < -0.4 is 5.32 Å². The summed E-state index contributed by atoms with van der Waals surface area (Å²) in [5.74, 6) is 0. The first-order valence-corrected chi connectivity index (χ1v) is 6.65. The summed E-state index contributed by atoms with van der Waals surface area (Å²) in [5.41, 5.74) is 1.38. The standard InChI is InChI=1S/C11H14BrNS/c12-11-6-9(8-14-11)7-13-10-4-2-1-3-5-10/h2,4,6,8,10,13H,1,3,5,7H2. The summed E-state index contributed by atoms with van der Waals surface area (Å²) in [6.07, 6.45) is 8.43. The molecule has 1 nitrogen and oxygen atoms in total. The summed E-state index contributed by atoms with van der Waals surface area (Å²) in [6, 6.07) is 2.77. The predicted molar refractivity (Wildman–Crippen MR) is 65.6 cm³/mol. The van der Waals surface area contributed by atoms with Gasteiger partial charge in [-0.05, 0) is 52.2 Å². The van der Waals surface area contributed by atoms with Gasteiger partial charge in [0.1, 0.15) is 0 Å². The number of hydrogen-bond acceptors (Lipinski definition) is 2. The molecule has 1 aliphatic rings. The third kappa shape index (κ3) is 2.94. The van der Waals surface area contributed by atoms with Crippen molar-refractivity contribution in [2.45, 2.75) is 31.8 Å². The SMILES string of the molecule is Brc1cc(CNC2C=CCCC2)cs1. The highest BCUT2D eigenvalue weighted by atomic mass is 79.9. The molecule has 1 unspecified atom stereocenters. The van der Waals surface area contributed by atoms with Crippen LogP contribution in [-0.2, 0) is 6.54 Å². The third-order valence-electron chi connectivity index (χ3n) is 2.44. The van der Waals surface area contributed by atoms with E-state index in [2.05, 4.69) is 44.8 Å². The maximum absolute atomic E-state index is 3.55. The van der Waals surface area contributed by atoms with Gasteiger partial charge in [0.05, 0.1) is 3.79 Å². The van der Waals surface area contributed by atoms with E-state index in [9.17, 15) is 0 Å². The van der Waals surface area contributed by atoms with E-state index in [0.717, 1.165) is 6.54 Å². The molecule has 1 atom stereocenters. The van der Waals surface area contributed by atoms with Gasteiger partial charge in [0.25, 0.3) is 0 Å². The Hall–Kier alpha value is -0.120. The molecule has 3 heteroatoms. The zero-order valence-electron chi connectivity index (χ0n) is 8.00. The smallest absolute Gasteiger partial charge is 0.0701 e. The van der Waals surface area contributed by atoms with Crippen molar-refractivity contribution in [3.63, 3.8) is 0 Å². The van der Waals surface area contributed by atoms with Crippen molar-refractivity contribution in [3.05, 3.63) is 32.9 Å². The van der Waals surface area contributed by atoms with Crippen LogP contribution >= 0.6 is 27.3 Å². The van der Waals surface area contributed by atoms with Gasteiger partial charge in [0.2, 0.25) is 0 Å². The minimum absolute atomic E-state index is 0.586. The second-order valence-electron chi connectivity index (χ2n) is 3.61. The number of halogens is 1. The second kappa shape index (κ2) is 5.10. The van der Waals surface area contributed by atoms with Gasteiger partial charge in [-0.2, -0.15) is 0 Å². The van der Waals surface area contributed by atoms with Crippen molar-refractivity contribution < 1.29 is 0 Å². The van der Waals surface area contributed by atoms with Crippen LogP contribution in [0, 0.1) is 0 Å². The zero-order valence-corrected chi connectivity index (χ0v) is 10.4. The normalized spacial score (nSPS) is 21.4. The molecule has 1 heterocycles. The molecule has 1 aromatic heterocycles. The van der Waals surface area contributed by atoms with Gasteiger partial charge in [-0.1, -0.05) is 12.2 Å². The fourth-order valence-electron chi connectivity index (χ4n) is 1.67. The van der Waals surface area contributed by atoms with Gasteiger partial charge < -0.3 is 5.32 Å². The Kier molecular flexibility index (Phi) is 3.79.